The normalized spacial score (nSPS) is 24.7. The van der Waals surface area contributed by atoms with Crippen LogP contribution in [0.4, 0.5) is 0 Å². The Hall–Kier alpha value is 1.16. The topological polar surface area (TPSA) is 18.5 Å². The van der Waals surface area contributed by atoms with E-state index in [4.69, 9.17) is 32.5 Å². The molecule has 96 valence electrons. The average molecular weight is 275 g/mol. The minimum absolute atomic E-state index is 0. The standard InChI is InChI=1S/C11H22BCl2O2.Li/c1-6-7-8-12(9(13)14)15-10(2,3)11(4,5)16-12;/h9H,6-8H2,1-5H3;/q-1;+1. The molecule has 1 aliphatic heterocycles. The molecule has 0 aliphatic carbocycles. The Labute approximate surface area is 127 Å². The van der Waals surface area contributed by atoms with Gasteiger partial charge in [-0.15, -0.1) is 29.5 Å². The molecule has 0 saturated carbocycles. The second-order valence-electron chi connectivity index (χ2n) is 5.67. The molecule has 2 nitrogen and oxygen atoms in total. The summed E-state index contributed by atoms with van der Waals surface area (Å²) in [6.45, 7) is 8.65. The van der Waals surface area contributed by atoms with Crippen LogP contribution in [-0.4, -0.2) is 22.5 Å². The molecular weight excluding hydrogens is 253 g/mol. The Kier molecular flexibility index (Phi) is 6.49. The first-order chi connectivity index (χ1) is 7.17. The van der Waals surface area contributed by atoms with Gasteiger partial charge in [0.15, 0.2) is 0 Å². The molecule has 1 heterocycles. The van der Waals surface area contributed by atoms with E-state index in [1.807, 2.05) is 27.7 Å². The summed E-state index contributed by atoms with van der Waals surface area (Å²) in [4.78, 5) is 0. The predicted octanol–water partition coefficient (Wildman–Crippen LogP) is 1.18. The molecule has 1 saturated heterocycles. The van der Waals surface area contributed by atoms with Gasteiger partial charge in [0.25, 0.3) is 6.55 Å². The summed E-state index contributed by atoms with van der Waals surface area (Å²) >= 11 is 12.1. The second kappa shape index (κ2) is 6.08. The van der Waals surface area contributed by atoms with E-state index in [0.29, 0.717) is 0 Å². The second-order valence-corrected chi connectivity index (χ2v) is 6.83. The zero-order chi connectivity index (χ0) is 12.6. The largest absolute Gasteiger partial charge is 1.00 e. The zero-order valence-corrected chi connectivity index (χ0v) is 13.4. The van der Waals surface area contributed by atoms with Crippen molar-refractivity contribution in [3.63, 3.8) is 0 Å². The van der Waals surface area contributed by atoms with Crippen LogP contribution in [0.15, 0.2) is 0 Å². The molecule has 0 unspecified atom stereocenters. The summed E-state index contributed by atoms with van der Waals surface area (Å²) in [5.41, 5.74) is -0.717. The van der Waals surface area contributed by atoms with Gasteiger partial charge < -0.3 is 9.31 Å². The van der Waals surface area contributed by atoms with Crippen molar-refractivity contribution in [2.45, 2.75) is 69.7 Å². The van der Waals surface area contributed by atoms with Crippen LogP contribution in [-0.2, 0) is 9.31 Å². The Morgan fingerprint density at radius 3 is 1.76 bits per heavy atom. The van der Waals surface area contributed by atoms with Crippen LogP contribution in [0, 0.1) is 0 Å². The minimum Gasteiger partial charge on any atom is -0.560 e. The van der Waals surface area contributed by atoms with Crippen LogP contribution in [0.25, 0.3) is 0 Å². The van der Waals surface area contributed by atoms with Gasteiger partial charge in [0.2, 0.25) is 0 Å². The van der Waals surface area contributed by atoms with Crippen molar-refractivity contribution < 1.29 is 28.2 Å². The summed E-state index contributed by atoms with van der Waals surface area (Å²) in [5.74, 6) is 0. The first kappa shape index (κ1) is 18.2. The summed E-state index contributed by atoms with van der Waals surface area (Å²) in [7, 11) is 0. The average Bonchev–Trinajstić information content (AvgIpc) is 2.30. The summed E-state index contributed by atoms with van der Waals surface area (Å²) in [5, 5.41) is 0. The SMILES string of the molecule is CCCC[B-]1(C(Cl)Cl)OC(C)(C)C(C)(C)O1.[Li+]. The molecule has 0 amide bonds. The molecule has 1 fully saturated rings. The fraction of sp³-hybridized carbons (Fsp3) is 1.00. The van der Waals surface area contributed by atoms with Crippen LogP contribution >= 0.6 is 23.2 Å². The van der Waals surface area contributed by atoms with Crippen LogP contribution in [0.3, 0.4) is 0 Å². The smallest absolute Gasteiger partial charge is 0.560 e. The molecule has 0 spiro atoms. The predicted molar refractivity (Wildman–Crippen MR) is 71.3 cm³/mol. The van der Waals surface area contributed by atoms with Crippen molar-refractivity contribution in [3.05, 3.63) is 0 Å². The van der Waals surface area contributed by atoms with E-state index in [1.54, 1.807) is 0 Å². The van der Waals surface area contributed by atoms with Crippen molar-refractivity contribution in [3.8, 4) is 0 Å². The maximum Gasteiger partial charge on any atom is 1.00 e. The molecule has 0 aromatic heterocycles. The summed E-state index contributed by atoms with van der Waals surface area (Å²) < 4.78 is 11.6. The van der Waals surface area contributed by atoms with E-state index >= 15 is 0 Å². The molecule has 17 heavy (non-hydrogen) atoms. The molecule has 0 aromatic carbocycles. The monoisotopic (exact) mass is 274 g/mol. The third kappa shape index (κ3) is 3.59. The molecule has 0 radical (unpaired) electrons. The van der Waals surface area contributed by atoms with Crippen LogP contribution in [0.2, 0.25) is 6.32 Å². The maximum atomic E-state index is 6.09. The van der Waals surface area contributed by atoms with E-state index in [-0.39, 0.29) is 30.1 Å². The summed E-state index contributed by atoms with van der Waals surface area (Å²) in [6.07, 6.45) is 2.89. The van der Waals surface area contributed by atoms with Crippen molar-refractivity contribution in [2.24, 2.45) is 0 Å². The molecule has 0 N–H and O–H groups in total. The number of hydrogen-bond acceptors (Lipinski definition) is 2. The van der Waals surface area contributed by atoms with Crippen molar-refractivity contribution in [1.82, 2.24) is 0 Å². The Morgan fingerprint density at radius 1 is 1.06 bits per heavy atom. The van der Waals surface area contributed by atoms with Crippen molar-refractivity contribution in [1.29, 1.82) is 0 Å². The quantitative estimate of drug-likeness (QED) is 0.566. The van der Waals surface area contributed by atoms with Crippen LogP contribution < -0.4 is 18.9 Å². The third-order valence-corrected chi connectivity index (χ3v) is 4.55. The van der Waals surface area contributed by atoms with Gasteiger partial charge in [-0.1, -0.05) is 19.8 Å². The first-order valence-electron chi connectivity index (χ1n) is 6.01. The molecular formula is C11H22BCl2LiO2. The van der Waals surface area contributed by atoms with Gasteiger partial charge in [-0.2, -0.15) is 0 Å². The van der Waals surface area contributed by atoms with Gasteiger partial charge >= 0.3 is 18.9 Å². The zero-order valence-electron chi connectivity index (χ0n) is 11.8. The van der Waals surface area contributed by atoms with Gasteiger partial charge in [0, 0.05) is 15.9 Å². The number of rotatable bonds is 4. The number of halogens is 2. The molecule has 0 bridgehead atoms. The summed E-state index contributed by atoms with van der Waals surface area (Å²) in [6, 6.07) is 0. The molecule has 1 aliphatic rings. The Bertz CT molecular complexity index is 244. The van der Waals surface area contributed by atoms with E-state index in [2.05, 4.69) is 6.92 Å². The fourth-order valence-electron chi connectivity index (χ4n) is 2.14. The Balaban J connectivity index is 0.00000256. The number of alkyl halides is 2. The van der Waals surface area contributed by atoms with Crippen molar-refractivity contribution in [2.75, 3.05) is 0 Å². The third-order valence-electron chi connectivity index (χ3n) is 3.78. The fourth-order valence-corrected chi connectivity index (χ4v) is 2.60. The number of unbranched alkanes of at least 4 members (excludes halogenated alkanes) is 1. The van der Waals surface area contributed by atoms with Gasteiger partial charge in [0.1, 0.15) is 0 Å². The van der Waals surface area contributed by atoms with E-state index < -0.39 is 11.3 Å². The van der Waals surface area contributed by atoms with Gasteiger partial charge in [0.05, 0.1) is 0 Å². The first-order valence-corrected chi connectivity index (χ1v) is 6.89. The van der Waals surface area contributed by atoms with Gasteiger partial charge in [-0.05, 0) is 27.7 Å². The van der Waals surface area contributed by atoms with Gasteiger partial charge in [-0.25, -0.2) is 0 Å². The minimum atomic E-state index is -1.58. The molecule has 0 aromatic rings. The van der Waals surface area contributed by atoms with E-state index in [9.17, 15) is 0 Å². The number of hydrogen-bond donors (Lipinski definition) is 0. The van der Waals surface area contributed by atoms with E-state index in [1.165, 1.54) is 0 Å². The Morgan fingerprint density at radius 2 is 1.47 bits per heavy atom. The molecule has 6 heteroatoms. The van der Waals surface area contributed by atoms with Crippen molar-refractivity contribution >= 4 is 29.8 Å². The van der Waals surface area contributed by atoms with Crippen LogP contribution in [0.5, 0.6) is 0 Å². The van der Waals surface area contributed by atoms with Gasteiger partial charge in [-0.3, -0.25) is 0 Å². The maximum absolute atomic E-state index is 6.09. The van der Waals surface area contributed by atoms with Crippen LogP contribution in [0.1, 0.15) is 47.5 Å². The molecule has 1 rings (SSSR count). The molecule has 0 atom stereocenters. The van der Waals surface area contributed by atoms with E-state index in [0.717, 1.165) is 19.2 Å².